The molecule has 0 spiro atoms. The van der Waals surface area contributed by atoms with Crippen LogP contribution in [0, 0.1) is 6.92 Å². The van der Waals surface area contributed by atoms with Crippen molar-refractivity contribution in [3.63, 3.8) is 0 Å². The van der Waals surface area contributed by atoms with Gasteiger partial charge in [-0.3, -0.25) is 9.59 Å². The first-order valence-electron chi connectivity index (χ1n) is 12.4. The number of amides is 2. The SMILES string of the molecule is Cc1ccccc1C(=O)NCC(=O)NN=Cc1ccc(OC(=O)c2ccc(Cl)cc2)cc1OC(=O)c1ccc(Cl)cc1. The lowest BCUT2D eigenvalue weighted by Gasteiger charge is -2.11. The van der Waals surface area contributed by atoms with Gasteiger partial charge in [-0.25, -0.2) is 15.0 Å². The quantitative estimate of drug-likeness (QED) is 0.111. The van der Waals surface area contributed by atoms with E-state index in [4.69, 9.17) is 32.7 Å². The summed E-state index contributed by atoms with van der Waals surface area (Å²) in [5, 5.41) is 7.35. The van der Waals surface area contributed by atoms with Crippen molar-refractivity contribution < 1.29 is 28.7 Å². The maximum Gasteiger partial charge on any atom is 0.343 e. The van der Waals surface area contributed by atoms with Crippen molar-refractivity contribution >= 4 is 53.2 Å². The number of hydrogen-bond acceptors (Lipinski definition) is 7. The van der Waals surface area contributed by atoms with Gasteiger partial charge in [-0.1, -0.05) is 41.4 Å². The fourth-order valence-corrected chi connectivity index (χ4v) is 3.82. The van der Waals surface area contributed by atoms with E-state index in [0.29, 0.717) is 15.6 Å². The molecule has 0 bridgehead atoms. The predicted octanol–water partition coefficient (Wildman–Crippen LogP) is 5.62. The first-order valence-corrected chi connectivity index (χ1v) is 13.2. The number of halogens is 2. The number of esters is 2. The van der Waals surface area contributed by atoms with E-state index in [-0.39, 0.29) is 34.7 Å². The van der Waals surface area contributed by atoms with Crippen LogP contribution in [0.15, 0.2) is 96.1 Å². The molecule has 0 atom stereocenters. The summed E-state index contributed by atoms with van der Waals surface area (Å²) in [5.74, 6) is -2.24. The monoisotopic (exact) mass is 603 g/mol. The van der Waals surface area contributed by atoms with E-state index in [1.165, 1.54) is 60.8 Å². The lowest BCUT2D eigenvalue weighted by atomic mass is 10.1. The van der Waals surface area contributed by atoms with Crippen molar-refractivity contribution in [2.24, 2.45) is 5.10 Å². The molecule has 0 fully saturated rings. The number of nitrogens with zero attached hydrogens (tertiary/aromatic N) is 1. The van der Waals surface area contributed by atoms with E-state index >= 15 is 0 Å². The summed E-state index contributed by atoms with van der Waals surface area (Å²) in [6.07, 6.45) is 1.25. The van der Waals surface area contributed by atoms with Crippen LogP contribution >= 0.6 is 23.2 Å². The molecule has 0 saturated carbocycles. The molecule has 11 heteroatoms. The molecule has 0 aliphatic rings. The van der Waals surface area contributed by atoms with E-state index in [0.717, 1.165) is 5.56 Å². The van der Waals surface area contributed by atoms with Gasteiger partial charge in [0, 0.05) is 27.2 Å². The van der Waals surface area contributed by atoms with Crippen molar-refractivity contribution in [1.29, 1.82) is 0 Å². The Labute approximate surface area is 251 Å². The van der Waals surface area contributed by atoms with Gasteiger partial charge in [-0.2, -0.15) is 5.10 Å². The second kappa shape index (κ2) is 14.1. The van der Waals surface area contributed by atoms with Crippen molar-refractivity contribution in [2.45, 2.75) is 6.92 Å². The smallest absolute Gasteiger partial charge is 0.343 e. The van der Waals surface area contributed by atoms with Gasteiger partial charge in [0.05, 0.1) is 23.9 Å². The summed E-state index contributed by atoms with van der Waals surface area (Å²) in [6.45, 7) is 1.48. The normalized spacial score (nSPS) is 10.6. The van der Waals surface area contributed by atoms with Gasteiger partial charge in [0.15, 0.2) is 0 Å². The number of nitrogens with one attached hydrogen (secondary N) is 2. The predicted molar refractivity (Wildman–Crippen MR) is 159 cm³/mol. The number of hydrazone groups is 1. The molecule has 0 heterocycles. The van der Waals surface area contributed by atoms with E-state index in [1.54, 1.807) is 37.3 Å². The fourth-order valence-electron chi connectivity index (χ4n) is 3.57. The Hall–Kier alpha value is -4.99. The second-order valence-corrected chi connectivity index (χ2v) is 9.66. The van der Waals surface area contributed by atoms with Crippen LogP contribution in [0.25, 0.3) is 0 Å². The highest BCUT2D eigenvalue weighted by molar-refractivity contribution is 6.31. The van der Waals surface area contributed by atoms with Crippen molar-refractivity contribution in [3.8, 4) is 11.5 Å². The Morgan fingerprint density at radius 3 is 2.00 bits per heavy atom. The van der Waals surface area contributed by atoms with Crippen LogP contribution in [0.2, 0.25) is 10.0 Å². The summed E-state index contributed by atoms with van der Waals surface area (Å²) >= 11 is 11.8. The Morgan fingerprint density at radius 2 is 1.38 bits per heavy atom. The van der Waals surface area contributed by atoms with Gasteiger partial charge in [0.25, 0.3) is 11.8 Å². The van der Waals surface area contributed by atoms with Gasteiger partial charge in [-0.05, 0) is 79.2 Å². The van der Waals surface area contributed by atoms with Crippen LogP contribution < -0.4 is 20.2 Å². The lowest BCUT2D eigenvalue weighted by Crippen LogP contribution is -2.35. The largest absolute Gasteiger partial charge is 0.423 e. The van der Waals surface area contributed by atoms with Crippen molar-refractivity contribution in [2.75, 3.05) is 6.54 Å². The van der Waals surface area contributed by atoms with E-state index in [2.05, 4.69) is 15.8 Å². The maximum absolute atomic E-state index is 12.8. The van der Waals surface area contributed by atoms with Gasteiger partial charge in [0.2, 0.25) is 0 Å². The number of benzene rings is 4. The van der Waals surface area contributed by atoms with Crippen LogP contribution in [-0.4, -0.2) is 36.5 Å². The molecule has 0 aliphatic carbocycles. The molecule has 4 rings (SSSR count). The minimum absolute atomic E-state index is 0.00205. The van der Waals surface area contributed by atoms with Gasteiger partial charge in [0.1, 0.15) is 11.5 Å². The van der Waals surface area contributed by atoms with Crippen LogP contribution in [0.4, 0.5) is 0 Å². The topological polar surface area (TPSA) is 123 Å². The van der Waals surface area contributed by atoms with Crippen molar-refractivity contribution in [3.05, 3.63) is 129 Å². The van der Waals surface area contributed by atoms with Gasteiger partial charge >= 0.3 is 11.9 Å². The molecule has 9 nitrogen and oxygen atoms in total. The van der Waals surface area contributed by atoms with Crippen LogP contribution in [0.3, 0.4) is 0 Å². The van der Waals surface area contributed by atoms with E-state index in [9.17, 15) is 19.2 Å². The van der Waals surface area contributed by atoms with Crippen LogP contribution in [0.1, 0.15) is 42.2 Å². The summed E-state index contributed by atoms with van der Waals surface area (Å²) in [7, 11) is 0. The molecule has 4 aromatic rings. The Kier molecular flexibility index (Phi) is 10.0. The van der Waals surface area contributed by atoms with Crippen molar-refractivity contribution in [1.82, 2.24) is 10.7 Å². The Bertz CT molecular complexity index is 1650. The Morgan fingerprint density at radius 1 is 0.786 bits per heavy atom. The average molecular weight is 604 g/mol. The molecule has 4 aromatic carbocycles. The molecular weight excluding hydrogens is 581 g/mol. The minimum atomic E-state index is -0.703. The zero-order valence-electron chi connectivity index (χ0n) is 22.1. The third-order valence-electron chi connectivity index (χ3n) is 5.75. The average Bonchev–Trinajstić information content (AvgIpc) is 2.98. The molecule has 42 heavy (non-hydrogen) atoms. The zero-order valence-corrected chi connectivity index (χ0v) is 23.6. The number of ether oxygens (including phenoxy) is 2. The molecule has 212 valence electrons. The molecule has 2 amide bonds. The second-order valence-electron chi connectivity index (χ2n) is 8.78. The minimum Gasteiger partial charge on any atom is -0.423 e. The number of aryl methyl sites for hydroxylation is 1. The number of carbonyl (C=O) groups excluding carboxylic acids is 4. The fraction of sp³-hybridized carbons (Fsp3) is 0.0645. The highest BCUT2D eigenvalue weighted by Crippen LogP contribution is 2.26. The summed E-state index contributed by atoms with van der Waals surface area (Å²) in [5.41, 5.74) is 4.32. The first kappa shape index (κ1) is 30.0. The van der Waals surface area contributed by atoms with Crippen LogP contribution in [-0.2, 0) is 4.79 Å². The molecular formula is C31H23Cl2N3O6. The lowest BCUT2D eigenvalue weighted by molar-refractivity contribution is -0.120. The summed E-state index contributed by atoms with van der Waals surface area (Å²) < 4.78 is 11.0. The summed E-state index contributed by atoms with van der Waals surface area (Å²) in [6, 6.07) is 23.5. The molecule has 0 aliphatic heterocycles. The third-order valence-corrected chi connectivity index (χ3v) is 6.25. The van der Waals surface area contributed by atoms with E-state index < -0.39 is 23.8 Å². The molecule has 0 unspecified atom stereocenters. The molecule has 0 saturated heterocycles. The third kappa shape index (κ3) is 8.26. The molecule has 0 aromatic heterocycles. The van der Waals surface area contributed by atoms with E-state index in [1.807, 2.05) is 6.07 Å². The first-order chi connectivity index (χ1) is 20.2. The standard InChI is InChI=1S/C31H23Cl2N3O6/c1-19-4-2-3-5-26(19)29(38)34-18-28(37)36-35-17-22-10-15-25(41-30(39)20-6-11-23(32)12-7-20)16-27(22)42-31(40)21-8-13-24(33)14-9-21/h2-17H,18H2,1H3,(H,34,38)(H,36,37). The number of rotatable bonds is 9. The maximum atomic E-state index is 12.8. The number of carbonyl (C=O) groups is 4. The zero-order chi connectivity index (χ0) is 30.1. The Balaban J connectivity index is 1.47. The summed E-state index contributed by atoms with van der Waals surface area (Å²) in [4.78, 5) is 50.0. The molecule has 0 radical (unpaired) electrons. The molecule has 2 N–H and O–H groups in total. The highest BCUT2D eigenvalue weighted by Gasteiger charge is 2.15. The number of hydrogen-bond donors (Lipinski definition) is 2. The highest BCUT2D eigenvalue weighted by atomic mass is 35.5. The van der Waals surface area contributed by atoms with Gasteiger partial charge < -0.3 is 14.8 Å². The van der Waals surface area contributed by atoms with Gasteiger partial charge in [-0.15, -0.1) is 0 Å². The van der Waals surface area contributed by atoms with Crippen LogP contribution in [0.5, 0.6) is 11.5 Å².